The number of fused-ring (bicyclic) bond motifs is 1. The third kappa shape index (κ3) is 3.96. The molecule has 1 amide bonds. The number of carbonyl (C=O) groups excluding carboxylic acids is 1. The molecule has 7 nitrogen and oxygen atoms in total. The highest BCUT2D eigenvalue weighted by Crippen LogP contribution is 2.20. The van der Waals surface area contributed by atoms with Gasteiger partial charge in [0.15, 0.2) is 12.4 Å². The molecular weight excluding hydrogens is 361 g/mol. The standard InChI is InChI=1S/C20H16FN5O2/c21-16-6-3-7-17(11-16)26-19(23-24-25-26)12-22-20(27)13-28-18-9-8-14-4-1-2-5-15(14)10-18/h1-11H,12-13H2,(H,22,27). The van der Waals surface area contributed by atoms with Gasteiger partial charge in [0.25, 0.3) is 5.91 Å². The van der Waals surface area contributed by atoms with Crippen LogP contribution in [0.2, 0.25) is 0 Å². The van der Waals surface area contributed by atoms with Crippen LogP contribution in [-0.2, 0) is 11.3 Å². The van der Waals surface area contributed by atoms with Crippen molar-refractivity contribution in [3.8, 4) is 11.4 Å². The molecule has 1 N–H and O–H groups in total. The first-order chi connectivity index (χ1) is 13.7. The smallest absolute Gasteiger partial charge is 0.258 e. The van der Waals surface area contributed by atoms with E-state index in [4.69, 9.17) is 4.74 Å². The molecule has 28 heavy (non-hydrogen) atoms. The summed E-state index contributed by atoms with van der Waals surface area (Å²) in [5.41, 5.74) is 0.474. The first kappa shape index (κ1) is 17.6. The van der Waals surface area contributed by atoms with E-state index in [2.05, 4.69) is 20.8 Å². The van der Waals surface area contributed by atoms with Gasteiger partial charge in [-0.2, -0.15) is 4.68 Å². The number of nitrogens with zero attached hydrogens (tertiary/aromatic N) is 4. The third-order valence-electron chi connectivity index (χ3n) is 4.12. The molecule has 8 heteroatoms. The van der Waals surface area contributed by atoms with Gasteiger partial charge in [-0.05, 0) is 51.5 Å². The van der Waals surface area contributed by atoms with E-state index in [0.717, 1.165) is 10.8 Å². The minimum atomic E-state index is -0.397. The van der Waals surface area contributed by atoms with Crippen molar-refractivity contribution in [3.63, 3.8) is 0 Å². The molecule has 140 valence electrons. The second kappa shape index (κ2) is 7.83. The second-order valence-corrected chi connectivity index (χ2v) is 6.06. The van der Waals surface area contributed by atoms with Crippen molar-refractivity contribution < 1.29 is 13.9 Å². The average Bonchev–Trinajstić information content (AvgIpc) is 3.19. The Bertz CT molecular complexity index is 1130. The number of hydrogen-bond acceptors (Lipinski definition) is 5. The molecule has 0 radical (unpaired) electrons. The Morgan fingerprint density at radius 3 is 2.75 bits per heavy atom. The van der Waals surface area contributed by atoms with Crippen molar-refractivity contribution in [2.75, 3.05) is 6.61 Å². The number of ether oxygens (including phenoxy) is 1. The summed E-state index contributed by atoms with van der Waals surface area (Å²) in [5.74, 6) is 0.275. The maximum atomic E-state index is 13.4. The second-order valence-electron chi connectivity index (χ2n) is 6.06. The minimum Gasteiger partial charge on any atom is -0.484 e. The number of benzene rings is 3. The van der Waals surface area contributed by atoms with Crippen LogP contribution >= 0.6 is 0 Å². The van der Waals surface area contributed by atoms with Crippen LogP contribution in [0.3, 0.4) is 0 Å². The maximum absolute atomic E-state index is 13.4. The summed E-state index contributed by atoms with van der Waals surface area (Å²) in [6, 6.07) is 19.4. The molecule has 0 unspecified atom stereocenters. The Kier molecular flexibility index (Phi) is 4.92. The third-order valence-corrected chi connectivity index (χ3v) is 4.12. The number of amides is 1. The molecule has 0 saturated carbocycles. The molecule has 0 fully saturated rings. The molecule has 0 aliphatic heterocycles. The van der Waals surface area contributed by atoms with Crippen LogP contribution in [0, 0.1) is 5.82 Å². The largest absolute Gasteiger partial charge is 0.484 e. The molecule has 4 rings (SSSR count). The SMILES string of the molecule is O=C(COc1ccc2ccccc2c1)NCc1nnnn1-c1cccc(F)c1. The van der Waals surface area contributed by atoms with Gasteiger partial charge < -0.3 is 10.1 Å². The molecule has 0 aliphatic rings. The zero-order chi connectivity index (χ0) is 19.3. The number of nitrogens with one attached hydrogen (secondary N) is 1. The van der Waals surface area contributed by atoms with E-state index in [1.54, 1.807) is 12.1 Å². The Balaban J connectivity index is 1.35. The van der Waals surface area contributed by atoms with Gasteiger partial charge in [-0.25, -0.2) is 4.39 Å². The molecule has 3 aromatic carbocycles. The van der Waals surface area contributed by atoms with Crippen LogP contribution < -0.4 is 10.1 Å². The van der Waals surface area contributed by atoms with Crippen LogP contribution in [-0.4, -0.2) is 32.7 Å². The molecule has 1 aromatic heterocycles. The number of halogens is 1. The topological polar surface area (TPSA) is 81.9 Å². The van der Waals surface area contributed by atoms with Gasteiger partial charge in [0, 0.05) is 0 Å². The van der Waals surface area contributed by atoms with E-state index in [1.807, 2.05) is 42.5 Å². The highest BCUT2D eigenvalue weighted by Gasteiger charge is 2.11. The predicted molar refractivity (Wildman–Crippen MR) is 100 cm³/mol. The fourth-order valence-electron chi connectivity index (χ4n) is 2.76. The first-order valence-corrected chi connectivity index (χ1v) is 8.60. The van der Waals surface area contributed by atoms with Crippen LogP contribution in [0.5, 0.6) is 5.75 Å². The van der Waals surface area contributed by atoms with Gasteiger partial charge in [-0.15, -0.1) is 5.10 Å². The maximum Gasteiger partial charge on any atom is 0.258 e. The normalized spacial score (nSPS) is 10.8. The van der Waals surface area contributed by atoms with E-state index in [9.17, 15) is 9.18 Å². The van der Waals surface area contributed by atoms with E-state index in [1.165, 1.54) is 16.8 Å². The number of rotatable bonds is 6. The van der Waals surface area contributed by atoms with Crippen molar-refractivity contribution in [2.24, 2.45) is 0 Å². The van der Waals surface area contributed by atoms with Gasteiger partial charge in [-0.1, -0.05) is 36.4 Å². The average molecular weight is 377 g/mol. The van der Waals surface area contributed by atoms with Crippen LogP contribution in [0.25, 0.3) is 16.5 Å². The molecule has 0 aliphatic carbocycles. The fourth-order valence-corrected chi connectivity index (χ4v) is 2.76. The van der Waals surface area contributed by atoms with Gasteiger partial charge in [0.1, 0.15) is 11.6 Å². The Morgan fingerprint density at radius 2 is 1.89 bits per heavy atom. The summed E-state index contributed by atoms with van der Waals surface area (Å²) in [6.45, 7) is -0.0523. The lowest BCUT2D eigenvalue weighted by Crippen LogP contribution is -2.29. The summed E-state index contributed by atoms with van der Waals surface area (Å²) in [7, 11) is 0. The molecule has 0 saturated heterocycles. The van der Waals surface area contributed by atoms with Gasteiger partial charge in [0.05, 0.1) is 12.2 Å². The fraction of sp³-hybridized carbons (Fsp3) is 0.100. The number of hydrogen-bond donors (Lipinski definition) is 1. The van der Waals surface area contributed by atoms with Gasteiger partial charge in [-0.3, -0.25) is 4.79 Å². The van der Waals surface area contributed by atoms with Crippen LogP contribution in [0.4, 0.5) is 4.39 Å². The lowest BCUT2D eigenvalue weighted by Gasteiger charge is -2.09. The van der Waals surface area contributed by atoms with Crippen molar-refractivity contribution in [2.45, 2.75) is 6.54 Å². The molecule has 0 bridgehead atoms. The van der Waals surface area contributed by atoms with Gasteiger partial charge in [0.2, 0.25) is 0 Å². The Morgan fingerprint density at radius 1 is 1.04 bits per heavy atom. The monoisotopic (exact) mass is 377 g/mol. The summed E-state index contributed by atoms with van der Waals surface area (Å²) in [6.07, 6.45) is 0. The lowest BCUT2D eigenvalue weighted by molar-refractivity contribution is -0.123. The Labute approximate surface area is 159 Å². The highest BCUT2D eigenvalue weighted by atomic mass is 19.1. The molecule has 1 heterocycles. The summed E-state index contributed by atoms with van der Waals surface area (Å²) < 4.78 is 20.3. The number of aromatic nitrogens is 4. The van der Waals surface area contributed by atoms with E-state index in [0.29, 0.717) is 17.3 Å². The predicted octanol–water partition coefficient (Wildman–Crippen LogP) is 2.65. The molecule has 0 atom stereocenters. The van der Waals surface area contributed by atoms with Crippen molar-refractivity contribution in [1.29, 1.82) is 0 Å². The summed E-state index contributed by atoms with van der Waals surface area (Å²) >= 11 is 0. The quantitative estimate of drug-likeness (QED) is 0.559. The van der Waals surface area contributed by atoms with Crippen molar-refractivity contribution in [3.05, 3.63) is 78.4 Å². The first-order valence-electron chi connectivity index (χ1n) is 8.60. The molecular formula is C20H16FN5O2. The molecule has 0 spiro atoms. The van der Waals surface area contributed by atoms with Crippen molar-refractivity contribution >= 4 is 16.7 Å². The Hall–Kier alpha value is -3.81. The summed E-state index contributed by atoms with van der Waals surface area (Å²) in [4.78, 5) is 12.1. The zero-order valence-electron chi connectivity index (χ0n) is 14.7. The minimum absolute atomic E-state index is 0.0867. The highest BCUT2D eigenvalue weighted by molar-refractivity contribution is 5.84. The molecule has 4 aromatic rings. The van der Waals surface area contributed by atoms with Crippen molar-refractivity contribution in [1.82, 2.24) is 25.5 Å². The number of tetrazole rings is 1. The zero-order valence-corrected chi connectivity index (χ0v) is 14.7. The van der Waals surface area contributed by atoms with E-state index < -0.39 is 5.82 Å². The number of carbonyl (C=O) groups is 1. The van der Waals surface area contributed by atoms with Crippen LogP contribution in [0.15, 0.2) is 66.7 Å². The van der Waals surface area contributed by atoms with Crippen LogP contribution in [0.1, 0.15) is 5.82 Å². The van der Waals surface area contributed by atoms with Gasteiger partial charge >= 0.3 is 0 Å². The van der Waals surface area contributed by atoms with E-state index >= 15 is 0 Å². The van der Waals surface area contributed by atoms with E-state index in [-0.39, 0.29) is 19.1 Å². The summed E-state index contributed by atoms with van der Waals surface area (Å²) in [5, 5.41) is 16.1. The lowest BCUT2D eigenvalue weighted by atomic mass is 10.1.